The molecule has 0 saturated heterocycles. The molecule has 0 bridgehead atoms. The molecule has 18 heavy (non-hydrogen) atoms. The zero-order chi connectivity index (χ0) is 13.1. The summed E-state index contributed by atoms with van der Waals surface area (Å²) in [5.74, 6) is 0. The molecule has 0 atom stereocenters. The summed E-state index contributed by atoms with van der Waals surface area (Å²) >= 11 is 18.1. The molecule has 0 aliphatic rings. The Morgan fingerprint density at radius 1 is 0.833 bits per heavy atom. The van der Waals surface area contributed by atoms with E-state index >= 15 is 0 Å². The fraction of sp³-hybridized carbons (Fsp3) is 0.143. The molecule has 1 N–H and O–H groups in total. The molecule has 0 amide bonds. The van der Waals surface area contributed by atoms with Crippen LogP contribution in [0.15, 0.2) is 36.4 Å². The summed E-state index contributed by atoms with van der Waals surface area (Å²) in [4.78, 5) is 0. The lowest BCUT2D eigenvalue weighted by Gasteiger charge is -2.08. The van der Waals surface area contributed by atoms with Crippen LogP contribution in [0, 0.1) is 0 Å². The van der Waals surface area contributed by atoms with Crippen LogP contribution in [-0.4, -0.2) is 7.05 Å². The maximum atomic E-state index is 6.13. The Morgan fingerprint density at radius 3 is 2.06 bits per heavy atom. The number of hydrogen-bond donors (Lipinski definition) is 1. The third-order valence-corrected chi connectivity index (χ3v) is 3.77. The van der Waals surface area contributed by atoms with Crippen LogP contribution < -0.4 is 5.32 Å². The molecule has 0 aromatic heterocycles. The Bertz CT molecular complexity index is 567. The van der Waals surface area contributed by atoms with E-state index in [-0.39, 0.29) is 0 Å². The van der Waals surface area contributed by atoms with Crippen LogP contribution in [0.3, 0.4) is 0 Å². The maximum Gasteiger partial charge on any atom is 0.0598 e. The van der Waals surface area contributed by atoms with Crippen LogP contribution in [0.2, 0.25) is 15.1 Å². The second-order valence-corrected chi connectivity index (χ2v) is 5.19. The predicted molar refractivity (Wildman–Crippen MR) is 79.7 cm³/mol. The van der Waals surface area contributed by atoms with Gasteiger partial charge in [-0.2, -0.15) is 0 Å². The third kappa shape index (κ3) is 2.99. The highest BCUT2D eigenvalue weighted by atomic mass is 35.5. The molecule has 94 valence electrons. The molecule has 0 saturated carbocycles. The summed E-state index contributed by atoms with van der Waals surface area (Å²) in [6.45, 7) is 0.730. The lowest BCUT2D eigenvalue weighted by atomic mass is 10.0. The number of hydrogen-bond acceptors (Lipinski definition) is 1. The van der Waals surface area contributed by atoms with Gasteiger partial charge in [-0.25, -0.2) is 0 Å². The Labute approximate surface area is 122 Å². The molecule has 4 heteroatoms. The van der Waals surface area contributed by atoms with Gasteiger partial charge in [0.05, 0.1) is 10.0 Å². The van der Waals surface area contributed by atoms with Crippen molar-refractivity contribution in [2.75, 3.05) is 7.05 Å². The zero-order valence-electron chi connectivity index (χ0n) is 9.81. The van der Waals surface area contributed by atoms with Gasteiger partial charge in [0.25, 0.3) is 0 Å². The van der Waals surface area contributed by atoms with Crippen molar-refractivity contribution < 1.29 is 0 Å². The van der Waals surface area contributed by atoms with Gasteiger partial charge >= 0.3 is 0 Å². The van der Waals surface area contributed by atoms with Crippen molar-refractivity contribution in [3.8, 4) is 11.1 Å². The molecule has 0 radical (unpaired) electrons. The quantitative estimate of drug-likeness (QED) is 0.838. The van der Waals surface area contributed by atoms with E-state index in [0.717, 1.165) is 28.3 Å². The second kappa shape index (κ2) is 5.94. The molecule has 2 aromatic carbocycles. The third-order valence-electron chi connectivity index (χ3n) is 2.67. The molecule has 0 heterocycles. The first-order chi connectivity index (χ1) is 8.61. The highest BCUT2D eigenvalue weighted by Gasteiger charge is 2.05. The topological polar surface area (TPSA) is 12.0 Å². The molecular formula is C14H12Cl3N. The monoisotopic (exact) mass is 299 g/mol. The zero-order valence-corrected chi connectivity index (χ0v) is 12.1. The Morgan fingerprint density at radius 2 is 1.44 bits per heavy atom. The molecule has 2 rings (SSSR count). The first kappa shape index (κ1) is 13.7. The SMILES string of the molecule is CNCc1cc(-c2ccc(Cl)c(Cl)c2)ccc1Cl. The van der Waals surface area contributed by atoms with Gasteiger partial charge in [-0.15, -0.1) is 0 Å². The lowest BCUT2D eigenvalue weighted by molar-refractivity contribution is 0.818. The minimum Gasteiger partial charge on any atom is -0.316 e. The molecule has 0 spiro atoms. The molecular weight excluding hydrogens is 289 g/mol. The fourth-order valence-electron chi connectivity index (χ4n) is 1.76. The second-order valence-electron chi connectivity index (χ2n) is 3.97. The minimum atomic E-state index is 0.555. The fourth-order valence-corrected chi connectivity index (χ4v) is 2.24. The summed E-state index contributed by atoms with van der Waals surface area (Å²) in [5.41, 5.74) is 3.16. The Hall–Kier alpha value is -0.730. The number of rotatable bonds is 3. The van der Waals surface area contributed by atoms with Crippen molar-refractivity contribution in [2.45, 2.75) is 6.54 Å². The number of benzene rings is 2. The van der Waals surface area contributed by atoms with Crippen molar-refractivity contribution in [1.82, 2.24) is 5.32 Å². The smallest absolute Gasteiger partial charge is 0.0598 e. The number of halogens is 3. The van der Waals surface area contributed by atoms with Crippen molar-refractivity contribution >= 4 is 34.8 Å². The average Bonchev–Trinajstić information content (AvgIpc) is 2.36. The van der Waals surface area contributed by atoms with Crippen LogP contribution in [0.4, 0.5) is 0 Å². The maximum absolute atomic E-state index is 6.13. The Kier molecular flexibility index (Phi) is 4.52. The number of nitrogens with one attached hydrogen (secondary N) is 1. The summed E-state index contributed by atoms with van der Waals surface area (Å²) < 4.78 is 0. The molecule has 0 aliphatic heterocycles. The lowest BCUT2D eigenvalue weighted by Crippen LogP contribution is -2.05. The van der Waals surface area contributed by atoms with Gasteiger partial charge in [-0.1, -0.05) is 46.9 Å². The first-order valence-electron chi connectivity index (χ1n) is 5.50. The first-order valence-corrected chi connectivity index (χ1v) is 6.63. The van der Waals surface area contributed by atoms with Gasteiger partial charge in [0.1, 0.15) is 0 Å². The van der Waals surface area contributed by atoms with E-state index in [1.165, 1.54) is 0 Å². The van der Waals surface area contributed by atoms with Gasteiger partial charge in [0.2, 0.25) is 0 Å². The summed E-state index contributed by atoms with van der Waals surface area (Å²) in [6, 6.07) is 11.5. The minimum absolute atomic E-state index is 0.555. The van der Waals surface area contributed by atoms with E-state index in [4.69, 9.17) is 34.8 Å². The van der Waals surface area contributed by atoms with Gasteiger partial charge in [0, 0.05) is 11.6 Å². The van der Waals surface area contributed by atoms with Crippen LogP contribution in [0.5, 0.6) is 0 Å². The van der Waals surface area contributed by atoms with Crippen LogP contribution in [0.1, 0.15) is 5.56 Å². The molecule has 0 unspecified atom stereocenters. The van der Waals surface area contributed by atoms with Crippen LogP contribution >= 0.6 is 34.8 Å². The van der Waals surface area contributed by atoms with Crippen LogP contribution in [0.25, 0.3) is 11.1 Å². The van der Waals surface area contributed by atoms with Gasteiger partial charge < -0.3 is 5.32 Å². The normalized spacial score (nSPS) is 10.7. The molecule has 1 nitrogen and oxygen atoms in total. The summed E-state index contributed by atoms with van der Waals surface area (Å²) in [7, 11) is 1.89. The van der Waals surface area contributed by atoms with E-state index in [1.54, 1.807) is 6.07 Å². The van der Waals surface area contributed by atoms with Gasteiger partial charge in [-0.05, 0) is 48.0 Å². The molecule has 2 aromatic rings. The Balaban J connectivity index is 2.44. The van der Waals surface area contributed by atoms with Crippen molar-refractivity contribution in [2.24, 2.45) is 0 Å². The van der Waals surface area contributed by atoms with Crippen LogP contribution in [-0.2, 0) is 6.54 Å². The van der Waals surface area contributed by atoms with E-state index in [2.05, 4.69) is 11.4 Å². The highest BCUT2D eigenvalue weighted by molar-refractivity contribution is 6.42. The van der Waals surface area contributed by atoms with Gasteiger partial charge in [0.15, 0.2) is 0 Å². The van der Waals surface area contributed by atoms with Gasteiger partial charge in [-0.3, -0.25) is 0 Å². The predicted octanol–water partition coefficient (Wildman–Crippen LogP) is 5.03. The largest absolute Gasteiger partial charge is 0.316 e. The highest BCUT2D eigenvalue weighted by Crippen LogP contribution is 2.30. The van der Waals surface area contributed by atoms with E-state index in [9.17, 15) is 0 Å². The molecule has 0 fully saturated rings. The van der Waals surface area contributed by atoms with Crippen molar-refractivity contribution in [1.29, 1.82) is 0 Å². The van der Waals surface area contributed by atoms with E-state index in [0.29, 0.717) is 10.0 Å². The summed E-state index contributed by atoms with van der Waals surface area (Å²) in [6.07, 6.45) is 0. The standard InChI is InChI=1S/C14H12Cl3N/c1-18-8-11-6-9(2-4-12(11)15)10-3-5-13(16)14(17)7-10/h2-7,18H,8H2,1H3. The average molecular weight is 301 g/mol. The summed E-state index contributed by atoms with van der Waals surface area (Å²) in [5, 5.41) is 4.96. The van der Waals surface area contributed by atoms with E-state index < -0.39 is 0 Å². The van der Waals surface area contributed by atoms with Crippen molar-refractivity contribution in [3.05, 3.63) is 57.0 Å². The molecule has 0 aliphatic carbocycles. The van der Waals surface area contributed by atoms with Crippen molar-refractivity contribution in [3.63, 3.8) is 0 Å². The van der Waals surface area contributed by atoms with E-state index in [1.807, 2.05) is 31.3 Å².